The lowest BCUT2D eigenvalue weighted by Crippen LogP contribution is -1.95. The summed E-state index contributed by atoms with van der Waals surface area (Å²) in [7, 11) is 0. The Morgan fingerprint density at radius 1 is 1.73 bits per heavy atom. The van der Waals surface area contributed by atoms with Gasteiger partial charge >= 0.3 is 0 Å². The summed E-state index contributed by atoms with van der Waals surface area (Å²) in [6.45, 7) is 2.60. The molecule has 0 atom stereocenters. The molecule has 1 aromatic rings. The number of alkyl halides is 2. The fourth-order valence-electron chi connectivity index (χ4n) is 0.619. The Kier molecular flexibility index (Phi) is 2.76. The third-order valence-electron chi connectivity index (χ3n) is 1.07. The van der Waals surface area contributed by atoms with Crippen LogP contribution in [-0.4, -0.2) is 11.5 Å². The van der Waals surface area contributed by atoms with Crippen LogP contribution in [0.15, 0.2) is 5.38 Å². The van der Waals surface area contributed by atoms with Crippen molar-refractivity contribution in [3.63, 3.8) is 0 Å². The summed E-state index contributed by atoms with van der Waals surface area (Å²) >= 11 is 1.20. The van der Waals surface area contributed by atoms with E-state index in [1.54, 1.807) is 0 Å². The number of rotatable bonds is 3. The third-order valence-corrected chi connectivity index (χ3v) is 1.89. The normalized spacial score (nSPS) is 10.5. The molecule has 0 aliphatic rings. The van der Waals surface area contributed by atoms with Gasteiger partial charge in [0.25, 0.3) is 6.43 Å². The largest absolute Gasteiger partial charge is 0.362 e. The van der Waals surface area contributed by atoms with Crippen molar-refractivity contribution in [2.24, 2.45) is 0 Å². The van der Waals surface area contributed by atoms with Crippen LogP contribution >= 0.6 is 11.3 Å². The molecule has 1 N–H and O–H groups in total. The first-order valence-electron chi connectivity index (χ1n) is 3.21. The average molecular weight is 178 g/mol. The van der Waals surface area contributed by atoms with Gasteiger partial charge in [-0.05, 0) is 6.92 Å². The fraction of sp³-hybridized carbons (Fsp3) is 0.500. The lowest BCUT2D eigenvalue weighted by molar-refractivity contribution is 0.147. The molecule has 0 amide bonds. The number of halogens is 2. The molecule has 0 fully saturated rings. The predicted molar refractivity (Wildman–Crippen MR) is 41.2 cm³/mol. The first-order valence-corrected chi connectivity index (χ1v) is 4.09. The summed E-state index contributed by atoms with van der Waals surface area (Å²) in [5, 5.41) is 4.78. The SMILES string of the molecule is CCNc1nc(C(F)F)cs1. The molecule has 0 saturated heterocycles. The lowest BCUT2D eigenvalue weighted by atomic mass is 10.5. The van der Waals surface area contributed by atoms with Crippen LogP contribution in [0.5, 0.6) is 0 Å². The first kappa shape index (κ1) is 8.39. The van der Waals surface area contributed by atoms with Gasteiger partial charge in [0.05, 0.1) is 0 Å². The maximum absolute atomic E-state index is 11.9. The minimum Gasteiger partial charge on any atom is -0.362 e. The predicted octanol–water partition coefficient (Wildman–Crippen LogP) is 2.51. The van der Waals surface area contributed by atoms with Gasteiger partial charge in [0.1, 0.15) is 5.69 Å². The van der Waals surface area contributed by atoms with Gasteiger partial charge in [-0.2, -0.15) is 0 Å². The van der Waals surface area contributed by atoms with E-state index in [2.05, 4.69) is 10.3 Å². The quantitative estimate of drug-likeness (QED) is 0.769. The third kappa shape index (κ3) is 2.11. The van der Waals surface area contributed by atoms with Crippen molar-refractivity contribution in [1.82, 2.24) is 4.98 Å². The molecule has 11 heavy (non-hydrogen) atoms. The zero-order valence-electron chi connectivity index (χ0n) is 5.97. The molecular formula is C6H8F2N2S. The van der Waals surface area contributed by atoms with E-state index in [0.717, 1.165) is 0 Å². The van der Waals surface area contributed by atoms with Crippen LogP contribution in [0.4, 0.5) is 13.9 Å². The van der Waals surface area contributed by atoms with E-state index in [1.165, 1.54) is 16.7 Å². The summed E-state index contributed by atoms with van der Waals surface area (Å²) in [6, 6.07) is 0. The molecule has 0 saturated carbocycles. The Bertz CT molecular complexity index is 224. The fourth-order valence-corrected chi connectivity index (χ4v) is 1.39. The van der Waals surface area contributed by atoms with Gasteiger partial charge in [-0.1, -0.05) is 0 Å². The maximum atomic E-state index is 11.9. The van der Waals surface area contributed by atoms with Crippen LogP contribution in [0.2, 0.25) is 0 Å². The minimum absolute atomic E-state index is 0.147. The second-order valence-electron chi connectivity index (χ2n) is 1.91. The molecule has 0 spiro atoms. The summed E-state index contributed by atoms with van der Waals surface area (Å²) in [5.74, 6) is 0. The van der Waals surface area contributed by atoms with Crippen molar-refractivity contribution >= 4 is 16.5 Å². The molecule has 0 unspecified atom stereocenters. The van der Waals surface area contributed by atoms with Crippen LogP contribution in [0.1, 0.15) is 19.0 Å². The number of hydrogen-bond acceptors (Lipinski definition) is 3. The van der Waals surface area contributed by atoms with Crippen molar-refractivity contribution < 1.29 is 8.78 Å². The first-order chi connectivity index (χ1) is 5.24. The number of thiazole rings is 1. The highest BCUT2D eigenvalue weighted by Gasteiger charge is 2.10. The standard InChI is InChI=1S/C6H8F2N2S/c1-2-9-6-10-4(3-11-6)5(7)8/h3,5H,2H2,1H3,(H,9,10). The highest BCUT2D eigenvalue weighted by atomic mass is 32.1. The monoisotopic (exact) mass is 178 g/mol. The van der Waals surface area contributed by atoms with Crippen molar-refractivity contribution in [2.45, 2.75) is 13.3 Å². The van der Waals surface area contributed by atoms with Crippen LogP contribution in [0.3, 0.4) is 0 Å². The number of nitrogens with one attached hydrogen (secondary N) is 1. The lowest BCUT2D eigenvalue weighted by Gasteiger charge is -1.93. The van der Waals surface area contributed by atoms with Crippen LogP contribution < -0.4 is 5.32 Å². The molecule has 0 aromatic carbocycles. The van der Waals surface area contributed by atoms with E-state index in [0.29, 0.717) is 11.7 Å². The summed E-state index contributed by atoms with van der Waals surface area (Å²) in [5.41, 5.74) is -0.147. The van der Waals surface area contributed by atoms with Gasteiger partial charge in [-0.3, -0.25) is 0 Å². The van der Waals surface area contributed by atoms with Crippen molar-refractivity contribution in [2.75, 3.05) is 11.9 Å². The topological polar surface area (TPSA) is 24.9 Å². The molecule has 62 valence electrons. The van der Waals surface area contributed by atoms with Gasteiger partial charge in [-0.25, -0.2) is 13.8 Å². The Morgan fingerprint density at radius 2 is 2.45 bits per heavy atom. The number of anilines is 1. The number of nitrogens with zero attached hydrogens (tertiary/aromatic N) is 1. The Hall–Kier alpha value is -0.710. The molecule has 2 nitrogen and oxygen atoms in total. The second kappa shape index (κ2) is 3.61. The van der Waals surface area contributed by atoms with E-state index in [-0.39, 0.29) is 5.69 Å². The van der Waals surface area contributed by atoms with Gasteiger partial charge in [-0.15, -0.1) is 11.3 Å². The van der Waals surface area contributed by atoms with Crippen LogP contribution in [-0.2, 0) is 0 Å². The summed E-state index contributed by atoms with van der Waals surface area (Å²) in [4.78, 5) is 3.66. The van der Waals surface area contributed by atoms with Crippen molar-refractivity contribution in [3.8, 4) is 0 Å². The molecule has 1 rings (SSSR count). The van der Waals surface area contributed by atoms with Gasteiger partial charge in [0.2, 0.25) is 0 Å². The average Bonchev–Trinajstić information content (AvgIpc) is 2.37. The maximum Gasteiger partial charge on any atom is 0.281 e. The Balaban J connectivity index is 2.66. The Labute approximate surface area is 67.3 Å². The molecule has 1 aromatic heterocycles. The van der Waals surface area contributed by atoms with Crippen molar-refractivity contribution in [3.05, 3.63) is 11.1 Å². The number of aromatic nitrogens is 1. The zero-order chi connectivity index (χ0) is 8.27. The molecule has 1 heterocycles. The number of hydrogen-bond donors (Lipinski definition) is 1. The van der Waals surface area contributed by atoms with Crippen LogP contribution in [0.25, 0.3) is 0 Å². The van der Waals surface area contributed by atoms with E-state index in [9.17, 15) is 8.78 Å². The summed E-state index contributed by atoms with van der Waals surface area (Å²) < 4.78 is 23.9. The van der Waals surface area contributed by atoms with E-state index in [4.69, 9.17) is 0 Å². The van der Waals surface area contributed by atoms with Crippen LogP contribution in [0, 0.1) is 0 Å². The van der Waals surface area contributed by atoms with E-state index in [1.807, 2.05) is 6.92 Å². The molecule has 0 radical (unpaired) electrons. The molecule has 0 aliphatic heterocycles. The van der Waals surface area contributed by atoms with Gasteiger partial charge in [0, 0.05) is 11.9 Å². The molecule has 0 bridgehead atoms. The van der Waals surface area contributed by atoms with E-state index < -0.39 is 6.43 Å². The summed E-state index contributed by atoms with van der Waals surface area (Å²) in [6.07, 6.45) is -2.46. The van der Waals surface area contributed by atoms with Gasteiger partial charge < -0.3 is 5.32 Å². The van der Waals surface area contributed by atoms with E-state index >= 15 is 0 Å². The minimum atomic E-state index is -2.46. The Morgan fingerprint density at radius 3 is 2.91 bits per heavy atom. The zero-order valence-corrected chi connectivity index (χ0v) is 6.79. The van der Waals surface area contributed by atoms with Crippen molar-refractivity contribution in [1.29, 1.82) is 0 Å². The molecule has 5 heteroatoms. The highest BCUT2D eigenvalue weighted by Crippen LogP contribution is 2.23. The second-order valence-corrected chi connectivity index (χ2v) is 2.77. The van der Waals surface area contributed by atoms with Gasteiger partial charge in [0.15, 0.2) is 5.13 Å². The highest BCUT2D eigenvalue weighted by molar-refractivity contribution is 7.13. The molecule has 0 aliphatic carbocycles. The smallest absolute Gasteiger partial charge is 0.281 e. The molecular weight excluding hydrogens is 170 g/mol.